The topological polar surface area (TPSA) is 40.1 Å². The summed E-state index contributed by atoms with van der Waals surface area (Å²) >= 11 is 0. The number of nitrogens with one attached hydrogen (secondary N) is 1. The molecule has 24 heavy (non-hydrogen) atoms. The summed E-state index contributed by atoms with van der Waals surface area (Å²) in [5, 5.41) is 3.09. The van der Waals surface area contributed by atoms with Crippen LogP contribution in [0.25, 0.3) is 0 Å². The number of benzene rings is 1. The first-order chi connectivity index (χ1) is 11.8. The molecule has 0 amide bonds. The highest BCUT2D eigenvalue weighted by atomic mass is 19.1. The predicted octanol–water partition coefficient (Wildman–Crippen LogP) is 1.98. The van der Waals surface area contributed by atoms with Crippen molar-refractivity contribution in [2.24, 2.45) is 4.99 Å². The fourth-order valence-corrected chi connectivity index (χ4v) is 3.21. The van der Waals surface area contributed by atoms with E-state index in [9.17, 15) is 4.39 Å². The van der Waals surface area contributed by atoms with Gasteiger partial charge in [0.15, 0.2) is 5.82 Å². The molecule has 6 heteroatoms. The summed E-state index contributed by atoms with van der Waals surface area (Å²) in [6, 6.07) is 6.93. The van der Waals surface area contributed by atoms with Crippen molar-refractivity contribution in [1.82, 2.24) is 15.1 Å². The van der Waals surface area contributed by atoms with Gasteiger partial charge in [0, 0.05) is 38.3 Å². The molecule has 0 bridgehead atoms. The summed E-state index contributed by atoms with van der Waals surface area (Å²) in [5.41, 5.74) is 0. The molecule has 3 aliphatic rings. The van der Waals surface area contributed by atoms with Crippen molar-refractivity contribution < 1.29 is 9.13 Å². The van der Waals surface area contributed by atoms with Gasteiger partial charge in [-0.3, -0.25) is 4.90 Å². The first-order valence-corrected chi connectivity index (χ1v) is 8.64. The molecule has 0 spiro atoms. The Kier molecular flexibility index (Phi) is 4.38. The maximum Gasteiger partial charge on any atom is 0.216 e. The van der Waals surface area contributed by atoms with Crippen LogP contribution < -0.4 is 10.1 Å². The minimum atomic E-state index is -0.313. The van der Waals surface area contributed by atoms with Crippen LogP contribution in [0.4, 0.5) is 4.39 Å². The lowest BCUT2D eigenvalue weighted by molar-refractivity contribution is 0.267. The van der Waals surface area contributed by atoms with Crippen LogP contribution in [0.3, 0.4) is 0 Å². The number of ether oxygens (including phenoxy) is 1. The van der Waals surface area contributed by atoms with E-state index in [1.807, 2.05) is 0 Å². The normalized spacial score (nSPS) is 22.3. The molecule has 1 saturated carbocycles. The highest BCUT2D eigenvalue weighted by Crippen LogP contribution is 2.28. The van der Waals surface area contributed by atoms with Crippen molar-refractivity contribution >= 4 is 5.90 Å². The van der Waals surface area contributed by atoms with Crippen molar-refractivity contribution in [3.63, 3.8) is 0 Å². The molecule has 0 atom stereocenters. The van der Waals surface area contributed by atoms with Crippen LogP contribution in [0.1, 0.15) is 19.3 Å². The lowest BCUT2D eigenvalue weighted by Gasteiger charge is -2.25. The number of nitrogens with zero attached hydrogens (tertiary/aromatic N) is 3. The van der Waals surface area contributed by atoms with E-state index >= 15 is 0 Å². The van der Waals surface area contributed by atoms with Gasteiger partial charge in [0.25, 0.3) is 0 Å². The second-order valence-corrected chi connectivity index (χ2v) is 6.47. The summed E-state index contributed by atoms with van der Waals surface area (Å²) < 4.78 is 19.0. The number of hydrogen-bond acceptors (Lipinski definition) is 5. The Labute approximate surface area is 141 Å². The SMILES string of the molecule is Fc1cccc(OC2=NC(N3CCCN(C4CC4)CC3)=[C]NC2)c1. The number of aliphatic imine (C=N–C) groups is 1. The third-order valence-electron chi connectivity index (χ3n) is 4.60. The molecule has 1 aromatic carbocycles. The fraction of sp³-hybridized carbons (Fsp3) is 0.500. The third kappa shape index (κ3) is 3.70. The molecule has 0 aromatic heterocycles. The molecule has 2 heterocycles. The van der Waals surface area contributed by atoms with E-state index in [0.29, 0.717) is 18.2 Å². The van der Waals surface area contributed by atoms with E-state index in [1.54, 1.807) is 12.1 Å². The van der Waals surface area contributed by atoms with Crippen LogP contribution in [0.5, 0.6) is 5.75 Å². The molecule has 1 radical (unpaired) electrons. The Morgan fingerprint density at radius 3 is 2.96 bits per heavy atom. The zero-order valence-corrected chi connectivity index (χ0v) is 13.7. The quantitative estimate of drug-likeness (QED) is 0.921. The van der Waals surface area contributed by atoms with Crippen LogP contribution in [-0.4, -0.2) is 54.5 Å². The second kappa shape index (κ2) is 6.81. The van der Waals surface area contributed by atoms with E-state index in [0.717, 1.165) is 44.5 Å². The van der Waals surface area contributed by atoms with Crippen LogP contribution in [0.2, 0.25) is 0 Å². The molecular formula is C18H22FN4O. The summed E-state index contributed by atoms with van der Waals surface area (Å²) in [7, 11) is 0. The highest BCUT2D eigenvalue weighted by molar-refractivity contribution is 5.82. The van der Waals surface area contributed by atoms with Crippen molar-refractivity contribution in [3.05, 3.63) is 42.1 Å². The van der Waals surface area contributed by atoms with E-state index < -0.39 is 0 Å². The number of rotatable bonds is 3. The molecule has 1 aliphatic carbocycles. The molecule has 5 nitrogen and oxygen atoms in total. The van der Waals surface area contributed by atoms with Gasteiger partial charge in [-0.25, -0.2) is 4.39 Å². The molecule has 1 saturated heterocycles. The fourth-order valence-electron chi connectivity index (χ4n) is 3.21. The molecule has 2 fully saturated rings. The predicted molar refractivity (Wildman–Crippen MR) is 90.0 cm³/mol. The van der Waals surface area contributed by atoms with Crippen molar-refractivity contribution in [2.45, 2.75) is 25.3 Å². The molecular weight excluding hydrogens is 307 g/mol. The molecule has 0 unspecified atom stereocenters. The lowest BCUT2D eigenvalue weighted by atomic mass is 10.3. The van der Waals surface area contributed by atoms with Gasteiger partial charge in [-0.2, -0.15) is 4.99 Å². The first kappa shape index (κ1) is 15.4. The van der Waals surface area contributed by atoms with Gasteiger partial charge in [0.1, 0.15) is 17.8 Å². The summed E-state index contributed by atoms with van der Waals surface area (Å²) in [6.07, 6.45) is 6.97. The average molecular weight is 329 g/mol. The largest absolute Gasteiger partial charge is 0.441 e. The van der Waals surface area contributed by atoms with Crippen LogP contribution in [0.15, 0.2) is 35.1 Å². The highest BCUT2D eigenvalue weighted by Gasteiger charge is 2.30. The smallest absolute Gasteiger partial charge is 0.216 e. The Morgan fingerprint density at radius 2 is 2.12 bits per heavy atom. The van der Waals surface area contributed by atoms with Crippen molar-refractivity contribution in [2.75, 3.05) is 32.7 Å². The van der Waals surface area contributed by atoms with Crippen LogP contribution in [0, 0.1) is 12.0 Å². The molecule has 4 rings (SSSR count). The van der Waals surface area contributed by atoms with Gasteiger partial charge in [0.2, 0.25) is 5.90 Å². The Hall–Kier alpha value is -2.08. The van der Waals surface area contributed by atoms with Crippen LogP contribution >= 0.6 is 0 Å². The van der Waals surface area contributed by atoms with Crippen LogP contribution in [-0.2, 0) is 0 Å². The molecule has 1 aromatic rings. The Morgan fingerprint density at radius 1 is 1.21 bits per heavy atom. The third-order valence-corrected chi connectivity index (χ3v) is 4.60. The van der Waals surface area contributed by atoms with Gasteiger partial charge < -0.3 is 15.0 Å². The minimum Gasteiger partial charge on any atom is -0.441 e. The van der Waals surface area contributed by atoms with E-state index in [-0.39, 0.29) is 5.82 Å². The monoisotopic (exact) mass is 329 g/mol. The standard InChI is InChI=1S/C18H22FN4O/c19-14-3-1-4-16(11-14)24-18-13-20-12-17(21-18)23-8-2-7-22(9-10-23)15-5-6-15/h1,3-4,11,15,20H,2,5-10,13H2. The average Bonchev–Trinajstić information content (AvgIpc) is 3.41. The zero-order chi connectivity index (χ0) is 16.4. The zero-order valence-electron chi connectivity index (χ0n) is 13.7. The maximum absolute atomic E-state index is 13.3. The number of halogens is 1. The summed E-state index contributed by atoms with van der Waals surface area (Å²) in [6.45, 7) is 4.63. The van der Waals surface area contributed by atoms with E-state index in [1.165, 1.54) is 25.0 Å². The van der Waals surface area contributed by atoms with E-state index in [4.69, 9.17) is 4.74 Å². The van der Waals surface area contributed by atoms with Gasteiger partial charge in [0.05, 0.1) is 6.54 Å². The maximum atomic E-state index is 13.3. The second-order valence-electron chi connectivity index (χ2n) is 6.47. The minimum absolute atomic E-state index is 0.313. The lowest BCUT2D eigenvalue weighted by Crippen LogP contribution is -2.35. The van der Waals surface area contributed by atoms with Crippen molar-refractivity contribution in [3.8, 4) is 5.75 Å². The summed E-state index contributed by atoms with van der Waals surface area (Å²) in [5.74, 6) is 1.47. The van der Waals surface area contributed by atoms with Crippen molar-refractivity contribution in [1.29, 1.82) is 0 Å². The summed E-state index contributed by atoms with van der Waals surface area (Å²) in [4.78, 5) is 9.42. The van der Waals surface area contributed by atoms with E-state index in [2.05, 4.69) is 26.3 Å². The number of hydrogen-bond donors (Lipinski definition) is 1. The molecule has 127 valence electrons. The molecule has 1 N–H and O–H groups in total. The Balaban J connectivity index is 1.41. The molecule has 2 aliphatic heterocycles. The van der Waals surface area contributed by atoms with Gasteiger partial charge >= 0.3 is 0 Å². The van der Waals surface area contributed by atoms with Gasteiger partial charge in [-0.1, -0.05) is 6.07 Å². The first-order valence-electron chi connectivity index (χ1n) is 8.64. The van der Waals surface area contributed by atoms with Gasteiger partial charge in [-0.05, 0) is 31.4 Å². The Bertz CT molecular complexity index is 656. The van der Waals surface area contributed by atoms with Gasteiger partial charge in [-0.15, -0.1) is 0 Å².